The number of carbonyl (C=O) groups is 1. The van der Waals surface area contributed by atoms with Crippen LogP contribution in [-0.4, -0.2) is 62.1 Å². The zero-order chi connectivity index (χ0) is 23.5. The van der Waals surface area contributed by atoms with Crippen LogP contribution >= 0.6 is 11.6 Å². The Morgan fingerprint density at radius 1 is 1.24 bits per heavy atom. The van der Waals surface area contributed by atoms with Gasteiger partial charge in [0.2, 0.25) is 11.9 Å². The summed E-state index contributed by atoms with van der Waals surface area (Å²) in [6.07, 6.45) is 12.9. The summed E-state index contributed by atoms with van der Waals surface area (Å²) in [6, 6.07) is 4.14. The number of hydrogen-bond donors (Lipinski definition) is 2. The molecule has 1 amide bonds. The van der Waals surface area contributed by atoms with Crippen LogP contribution in [0.25, 0.3) is 22.3 Å². The number of amides is 1. The average molecular weight is 481 g/mol. The van der Waals surface area contributed by atoms with Crippen molar-refractivity contribution in [1.29, 1.82) is 0 Å². The molecule has 3 aromatic rings. The number of hydrogen-bond acceptors (Lipinski definition) is 6. The number of anilines is 1. The molecule has 1 aliphatic heterocycles. The monoisotopic (exact) mass is 480 g/mol. The Morgan fingerprint density at radius 3 is 2.91 bits per heavy atom. The maximum atomic E-state index is 11.8. The van der Waals surface area contributed by atoms with Crippen molar-refractivity contribution in [3.8, 4) is 11.3 Å². The number of H-pyrrole nitrogens is 1. The molecule has 2 N–H and O–H groups in total. The molecule has 5 rings (SSSR count). The van der Waals surface area contributed by atoms with Crippen LogP contribution in [0.1, 0.15) is 38.5 Å². The highest BCUT2D eigenvalue weighted by atomic mass is 35.5. The van der Waals surface area contributed by atoms with E-state index in [1.54, 1.807) is 12.4 Å². The van der Waals surface area contributed by atoms with Gasteiger partial charge in [-0.3, -0.25) is 4.79 Å². The van der Waals surface area contributed by atoms with E-state index in [1.807, 2.05) is 23.2 Å². The standard InChI is InChI=1S/C25H29ClN6O2/c1-2-22(33)32-11-8-17(9-12-32)34-18-6-3-5-16(13-18)30-25-29-15-21(26)23(31-25)20-14-28-24-19(20)7-4-10-27-24/h2,4,7,10,14-18H,1,3,5-6,8-9,11-13H2,(H,27,28)(H,29,30,31). The first-order valence-corrected chi connectivity index (χ1v) is 12.3. The highest BCUT2D eigenvalue weighted by molar-refractivity contribution is 6.33. The number of piperidine rings is 1. The maximum absolute atomic E-state index is 11.8. The second kappa shape index (κ2) is 10.1. The molecule has 1 saturated carbocycles. The lowest BCUT2D eigenvalue weighted by Gasteiger charge is -2.36. The van der Waals surface area contributed by atoms with Gasteiger partial charge in [0.05, 0.1) is 29.1 Å². The number of aromatic amines is 1. The van der Waals surface area contributed by atoms with Gasteiger partial charge in [-0.2, -0.15) is 0 Å². The van der Waals surface area contributed by atoms with E-state index in [2.05, 4.69) is 26.8 Å². The summed E-state index contributed by atoms with van der Waals surface area (Å²) >= 11 is 6.46. The number of carbonyl (C=O) groups excluding carboxylic acids is 1. The lowest BCUT2D eigenvalue weighted by molar-refractivity contribution is -0.129. The largest absolute Gasteiger partial charge is 0.375 e. The Kier molecular flexibility index (Phi) is 6.78. The molecule has 34 heavy (non-hydrogen) atoms. The molecule has 2 aliphatic rings. The third-order valence-electron chi connectivity index (χ3n) is 6.72. The van der Waals surface area contributed by atoms with Gasteiger partial charge in [0.15, 0.2) is 0 Å². The summed E-state index contributed by atoms with van der Waals surface area (Å²) in [6.45, 7) is 5.04. The lowest BCUT2D eigenvalue weighted by Crippen LogP contribution is -2.42. The molecule has 8 nitrogen and oxygen atoms in total. The number of fused-ring (bicyclic) bond motifs is 1. The van der Waals surface area contributed by atoms with E-state index >= 15 is 0 Å². The van der Waals surface area contributed by atoms with E-state index in [-0.39, 0.29) is 24.2 Å². The second-order valence-electron chi connectivity index (χ2n) is 8.99. The smallest absolute Gasteiger partial charge is 0.245 e. The number of pyridine rings is 1. The molecule has 4 heterocycles. The molecule has 0 aromatic carbocycles. The van der Waals surface area contributed by atoms with E-state index in [0.717, 1.165) is 68.2 Å². The summed E-state index contributed by atoms with van der Waals surface area (Å²) in [5.41, 5.74) is 2.39. The molecule has 2 atom stereocenters. The number of likely N-dealkylation sites (tertiary alicyclic amines) is 1. The van der Waals surface area contributed by atoms with Crippen molar-refractivity contribution in [2.24, 2.45) is 0 Å². The Balaban J connectivity index is 1.22. The predicted molar refractivity (Wildman–Crippen MR) is 133 cm³/mol. The number of nitrogens with one attached hydrogen (secondary N) is 2. The second-order valence-corrected chi connectivity index (χ2v) is 9.39. The molecule has 1 saturated heterocycles. The Hall–Kier alpha value is -2.97. The summed E-state index contributed by atoms with van der Waals surface area (Å²) < 4.78 is 6.44. The van der Waals surface area contributed by atoms with Gasteiger partial charge in [0.25, 0.3) is 0 Å². The first-order chi connectivity index (χ1) is 16.6. The van der Waals surface area contributed by atoms with Gasteiger partial charge in [0.1, 0.15) is 5.65 Å². The van der Waals surface area contributed by atoms with Gasteiger partial charge < -0.3 is 19.9 Å². The fourth-order valence-corrected chi connectivity index (χ4v) is 5.17. The van der Waals surface area contributed by atoms with E-state index < -0.39 is 0 Å². The molecule has 1 aliphatic carbocycles. The highest BCUT2D eigenvalue weighted by Crippen LogP contribution is 2.32. The van der Waals surface area contributed by atoms with Crippen LogP contribution in [0, 0.1) is 0 Å². The SMILES string of the molecule is C=CC(=O)N1CCC(OC2CCCC(Nc3ncc(Cl)c(-c4c[nH]c5ncccc45)n3)C2)CC1. The first-order valence-electron chi connectivity index (χ1n) is 11.9. The van der Waals surface area contributed by atoms with Crippen molar-refractivity contribution in [2.75, 3.05) is 18.4 Å². The molecule has 0 spiro atoms. The fourth-order valence-electron chi connectivity index (χ4n) is 4.97. The van der Waals surface area contributed by atoms with Gasteiger partial charge >= 0.3 is 0 Å². The predicted octanol–water partition coefficient (Wildman–Crippen LogP) is 4.59. The molecule has 178 valence electrons. The van der Waals surface area contributed by atoms with Crippen molar-refractivity contribution >= 4 is 34.5 Å². The van der Waals surface area contributed by atoms with Crippen molar-refractivity contribution in [3.63, 3.8) is 0 Å². The third-order valence-corrected chi connectivity index (χ3v) is 7.00. The zero-order valence-corrected chi connectivity index (χ0v) is 19.8. The van der Waals surface area contributed by atoms with Crippen molar-refractivity contribution < 1.29 is 9.53 Å². The summed E-state index contributed by atoms with van der Waals surface area (Å²) in [5, 5.41) is 4.98. The van der Waals surface area contributed by atoms with Crippen LogP contribution in [0.2, 0.25) is 5.02 Å². The van der Waals surface area contributed by atoms with Gasteiger partial charge in [-0.1, -0.05) is 18.2 Å². The molecular formula is C25H29ClN6O2. The van der Waals surface area contributed by atoms with Gasteiger partial charge in [-0.15, -0.1) is 0 Å². The van der Waals surface area contributed by atoms with E-state index in [0.29, 0.717) is 16.7 Å². The molecule has 2 unspecified atom stereocenters. The van der Waals surface area contributed by atoms with Crippen molar-refractivity contribution in [3.05, 3.63) is 48.4 Å². The van der Waals surface area contributed by atoms with Crippen LogP contribution in [0.4, 0.5) is 5.95 Å². The molecule has 2 fully saturated rings. The van der Waals surface area contributed by atoms with Crippen molar-refractivity contribution in [2.45, 2.75) is 56.8 Å². The van der Waals surface area contributed by atoms with Gasteiger partial charge in [-0.05, 0) is 56.7 Å². The summed E-state index contributed by atoms with van der Waals surface area (Å²) in [7, 11) is 0. The van der Waals surface area contributed by atoms with Crippen LogP contribution in [0.5, 0.6) is 0 Å². The molecule has 0 radical (unpaired) electrons. The number of rotatable bonds is 6. The molecule has 0 bridgehead atoms. The summed E-state index contributed by atoms with van der Waals surface area (Å²) in [4.78, 5) is 30.3. The average Bonchev–Trinajstić information content (AvgIpc) is 3.29. The first kappa shape index (κ1) is 22.8. The Labute approximate surface area is 203 Å². The normalized spacial score (nSPS) is 21.5. The van der Waals surface area contributed by atoms with E-state index in [9.17, 15) is 4.79 Å². The lowest BCUT2D eigenvalue weighted by atomic mass is 9.92. The maximum Gasteiger partial charge on any atom is 0.245 e. The van der Waals surface area contributed by atoms with Gasteiger partial charge in [-0.25, -0.2) is 15.0 Å². The molecule has 9 heteroatoms. The number of halogens is 1. The van der Waals surface area contributed by atoms with Crippen LogP contribution in [-0.2, 0) is 9.53 Å². The number of nitrogens with zero attached hydrogens (tertiary/aromatic N) is 4. The molecule has 3 aromatic heterocycles. The highest BCUT2D eigenvalue weighted by Gasteiger charge is 2.28. The summed E-state index contributed by atoms with van der Waals surface area (Å²) in [5.74, 6) is 0.575. The van der Waals surface area contributed by atoms with Crippen LogP contribution in [0.3, 0.4) is 0 Å². The zero-order valence-electron chi connectivity index (χ0n) is 19.0. The fraction of sp³-hybridized carbons (Fsp3) is 0.440. The van der Waals surface area contributed by atoms with E-state index in [1.165, 1.54) is 6.08 Å². The topological polar surface area (TPSA) is 96.0 Å². The number of aromatic nitrogens is 4. The van der Waals surface area contributed by atoms with E-state index in [4.69, 9.17) is 21.3 Å². The van der Waals surface area contributed by atoms with Crippen molar-refractivity contribution in [1.82, 2.24) is 24.8 Å². The third kappa shape index (κ3) is 4.93. The van der Waals surface area contributed by atoms with Gasteiger partial charge in [0, 0.05) is 42.5 Å². The Bertz CT molecular complexity index is 1170. The minimum atomic E-state index is 0.00612. The Morgan fingerprint density at radius 2 is 2.09 bits per heavy atom. The molecular weight excluding hydrogens is 452 g/mol. The van der Waals surface area contributed by atoms with Crippen LogP contribution in [0.15, 0.2) is 43.4 Å². The minimum Gasteiger partial charge on any atom is -0.375 e. The quantitative estimate of drug-likeness (QED) is 0.501. The van der Waals surface area contributed by atoms with Crippen LogP contribution < -0.4 is 5.32 Å². The number of ether oxygens (including phenoxy) is 1. The minimum absolute atomic E-state index is 0.00612.